The largest absolute Gasteiger partial charge is 0.493 e. The molecule has 3 unspecified atom stereocenters. The van der Waals surface area contributed by atoms with Gasteiger partial charge >= 0.3 is 0 Å². The summed E-state index contributed by atoms with van der Waals surface area (Å²) in [5.41, 5.74) is 2.77. The third-order valence-corrected chi connectivity index (χ3v) is 5.51. The molecule has 1 heterocycles. The van der Waals surface area contributed by atoms with Gasteiger partial charge in [-0.05, 0) is 49.6 Å². The lowest BCUT2D eigenvalue weighted by molar-refractivity contribution is 0.356. The van der Waals surface area contributed by atoms with E-state index >= 15 is 0 Å². The van der Waals surface area contributed by atoms with Crippen molar-refractivity contribution in [1.82, 2.24) is 5.32 Å². The van der Waals surface area contributed by atoms with E-state index in [4.69, 9.17) is 4.74 Å². The smallest absolute Gasteiger partial charge is 0.122 e. The molecule has 19 heavy (non-hydrogen) atoms. The summed E-state index contributed by atoms with van der Waals surface area (Å²) in [5, 5.41) is 4.66. The first-order valence-electron chi connectivity index (χ1n) is 7.30. The Hall–Kier alpha value is -0.670. The fourth-order valence-corrected chi connectivity index (χ4v) is 4.03. The molecule has 0 saturated heterocycles. The summed E-state index contributed by atoms with van der Waals surface area (Å²) in [7, 11) is 0. The maximum Gasteiger partial charge on any atom is 0.122 e. The van der Waals surface area contributed by atoms with E-state index in [1.165, 1.54) is 30.4 Å². The molecule has 3 atom stereocenters. The molecular formula is C16H23NOS. The fraction of sp³-hybridized carbons (Fsp3) is 0.625. The number of hydrogen-bond donors (Lipinski definition) is 1. The molecule has 1 fully saturated rings. The van der Waals surface area contributed by atoms with Crippen molar-refractivity contribution in [2.24, 2.45) is 0 Å². The number of ether oxygens (including phenoxy) is 1. The van der Waals surface area contributed by atoms with Crippen molar-refractivity contribution in [2.75, 3.05) is 12.9 Å². The third kappa shape index (κ3) is 2.92. The van der Waals surface area contributed by atoms with Gasteiger partial charge in [-0.2, -0.15) is 11.8 Å². The Labute approximate surface area is 120 Å². The molecule has 1 aromatic rings. The van der Waals surface area contributed by atoms with Gasteiger partial charge in [0.1, 0.15) is 5.75 Å². The highest BCUT2D eigenvalue weighted by molar-refractivity contribution is 7.99. The highest BCUT2D eigenvalue weighted by Gasteiger charge is 2.25. The molecule has 1 aliphatic carbocycles. The zero-order valence-electron chi connectivity index (χ0n) is 11.8. The van der Waals surface area contributed by atoms with E-state index in [-0.39, 0.29) is 0 Å². The van der Waals surface area contributed by atoms with Crippen LogP contribution < -0.4 is 10.1 Å². The van der Waals surface area contributed by atoms with Crippen molar-refractivity contribution in [2.45, 2.75) is 49.9 Å². The normalized spacial score (nSPS) is 27.1. The topological polar surface area (TPSA) is 21.3 Å². The van der Waals surface area contributed by atoms with E-state index in [1.807, 2.05) is 11.8 Å². The molecular weight excluding hydrogens is 254 g/mol. The van der Waals surface area contributed by atoms with E-state index in [0.717, 1.165) is 24.0 Å². The quantitative estimate of drug-likeness (QED) is 0.909. The van der Waals surface area contributed by atoms with E-state index < -0.39 is 0 Å². The van der Waals surface area contributed by atoms with E-state index in [9.17, 15) is 0 Å². The number of benzene rings is 1. The summed E-state index contributed by atoms with van der Waals surface area (Å²) >= 11 is 2.02. The Morgan fingerprint density at radius 1 is 1.37 bits per heavy atom. The van der Waals surface area contributed by atoms with Crippen LogP contribution in [0.2, 0.25) is 0 Å². The van der Waals surface area contributed by atoms with Crippen LogP contribution in [0.5, 0.6) is 5.75 Å². The predicted molar refractivity (Wildman–Crippen MR) is 82.1 cm³/mol. The number of hydrogen-bond acceptors (Lipinski definition) is 3. The van der Waals surface area contributed by atoms with E-state index in [1.54, 1.807) is 0 Å². The van der Waals surface area contributed by atoms with Gasteiger partial charge in [0, 0.05) is 23.8 Å². The number of thioether (sulfide) groups is 1. The molecule has 0 aromatic heterocycles. The maximum absolute atomic E-state index is 5.57. The summed E-state index contributed by atoms with van der Waals surface area (Å²) in [4.78, 5) is 0. The Kier molecular flexibility index (Phi) is 4.04. The zero-order chi connectivity index (χ0) is 13.2. The van der Waals surface area contributed by atoms with Crippen molar-refractivity contribution in [1.29, 1.82) is 0 Å². The van der Waals surface area contributed by atoms with Crippen LogP contribution in [-0.4, -0.2) is 24.2 Å². The summed E-state index contributed by atoms with van der Waals surface area (Å²) in [6.45, 7) is 3.13. The second-order valence-electron chi connectivity index (χ2n) is 5.72. The minimum atomic E-state index is 0.441. The number of fused-ring (bicyclic) bond motifs is 1. The lowest BCUT2D eigenvalue weighted by atomic mass is 10.0. The van der Waals surface area contributed by atoms with Crippen LogP contribution >= 0.6 is 11.8 Å². The monoisotopic (exact) mass is 277 g/mol. The highest BCUT2D eigenvalue weighted by atomic mass is 32.2. The molecule has 2 nitrogen and oxygen atoms in total. The Morgan fingerprint density at radius 3 is 3.05 bits per heavy atom. The molecule has 104 valence electrons. The van der Waals surface area contributed by atoms with Crippen molar-refractivity contribution >= 4 is 11.8 Å². The van der Waals surface area contributed by atoms with E-state index in [0.29, 0.717) is 12.1 Å². The molecule has 3 rings (SSSR count). The van der Waals surface area contributed by atoms with Gasteiger partial charge in [0.05, 0.1) is 6.61 Å². The average molecular weight is 277 g/mol. The van der Waals surface area contributed by atoms with Gasteiger partial charge in [0.2, 0.25) is 0 Å². The predicted octanol–water partition coefficient (Wildman–Crippen LogP) is 3.56. The van der Waals surface area contributed by atoms with E-state index in [2.05, 4.69) is 36.7 Å². The molecule has 1 N–H and O–H groups in total. The maximum atomic E-state index is 5.57. The molecule has 0 spiro atoms. The molecule has 2 aliphatic rings. The van der Waals surface area contributed by atoms with Gasteiger partial charge in [-0.15, -0.1) is 0 Å². The average Bonchev–Trinajstić information content (AvgIpc) is 3.05. The van der Waals surface area contributed by atoms with Crippen molar-refractivity contribution in [3.05, 3.63) is 29.3 Å². The van der Waals surface area contributed by atoms with Gasteiger partial charge in [-0.3, -0.25) is 0 Å². The van der Waals surface area contributed by atoms with Crippen LogP contribution in [0.1, 0.15) is 43.4 Å². The fourth-order valence-electron chi connectivity index (χ4n) is 3.23. The van der Waals surface area contributed by atoms with Crippen LogP contribution in [0, 0.1) is 0 Å². The molecule has 1 saturated carbocycles. The summed E-state index contributed by atoms with van der Waals surface area (Å²) in [5.74, 6) is 1.08. The first kappa shape index (κ1) is 13.3. The third-order valence-electron chi connectivity index (χ3n) is 4.42. The Morgan fingerprint density at radius 2 is 2.26 bits per heavy atom. The lowest BCUT2D eigenvalue weighted by Gasteiger charge is -2.20. The molecule has 1 aromatic carbocycles. The standard InChI is InChI=1S/C16H23NOS/c1-11(17-14-4-5-15(10-14)19-2)12-3-6-16-13(9-12)7-8-18-16/h3,6,9,11,14-15,17H,4-5,7-8,10H2,1-2H3. The second-order valence-corrected chi connectivity index (χ2v) is 6.86. The first-order chi connectivity index (χ1) is 9.26. The minimum absolute atomic E-state index is 0.441. The van der Waals surface area contributed by atoms with Crippen LogP contribution in [0.4, 0.5) is 0 Å². The van der Waals surface area contributed by atoms with Crippen LogP contribution in [0.15, 0.2) is 18.2 Å². The Bertz CT molecular complexity index is 448. The van der Waals surface area contributed by atoms with Gasteiger partial charge in [0.25, 0.3) is 0 Å². The second kappa shape index (κ2) is 5.76. The van der Waals surface area contributed by atoms with Crippen LogP contribution in [0.25, 0.3) is 0 Å². The molecule has 0 amide bonds. The van der Waals surface area contributed by atoms with Gasteiger partial charge in [-0.1, -0.05) is 12.1 Å². The molecule has 3 heteroatoms. The van der Waals surface area contributed by atoms with Crippen LogP contribution in [-0.2, 0) is 6.42 Å². The molecule has 0 bridgehead atoms. The van der Waals surface area contributed by atoms with Gasteiger partial charge < -0.3 is 10.1 Å². The summed E-state index contributed by atoms with van der Waals surface area (Å²) in [6, 6.07) is 7.80. The Balaban J connectivity index is 1.62. The van der Waals surface area contributed by atoms with Crippen LogP contribution in [0.3, 0.4) is 0 Å². The summed E-state index contributed by atoms with van der Waals surface area (Å²) in [6.07, 6.45) is 7.30. The zero-order valence-corrected chi connectivity index (χ0v) is 12.6. The van der Waals surface area contributed by atoms with Gasteiger partial charge in [-0.25, -0.2) is 0 Å². The summed E-state index contributed by atoms with van der Waals surface area (Å²) < 4.78 is 5.57. The number of rotatable bonds is 4. The molecule has 1 aliphatic heterocycles. The van der Waals surface area contributed by atoms with Crippen molar-refractivity contribution in [3.8, 4) is 5.75 Å². The van der Waals surface area contributed by atoms with Crippen molar-refractivity contribution in [3.63, 3.8) is 0 Å². The lowest BCUT2D eigenvalue weighted by Crippen LogP contribution is -2.29. The van der Waals surface area contributed by atoms with Gasteiger partial charge in [0.15, 0.2) is 0 Å². The highest BCUT2D eigenvalue weighted by Crippen LogP contribution is 2.31. The number of nitrogens with one attached hydrogen (secondary N) is 1. The van der Waals surface area contributed by atoms with Crippen molar-refractivity contribution < 1.29 is 4.74 Å². The SMILES string of the molecule is CSC1CCC(NC(C)c2ccc3c(c2)CCO3)C1. The minimum Gasteiger partial charge on any atom is -0.493 e. The molecule has 0 radical (unpaired) electrons. The first-order valence-corrected chi connectivity index (χ1v) is 8.59.